The highest BCUT2D eigenvalue weighted by molar-refractivity contribution is 7.90. The van der Waals surface area contributed by atoms with Crippen molar-refractivity contribution in [2.45, 2.75) is 31.3 Å². The van der Waals surface area contributed by atoms with Crippen LogP contribution in [0.2, 0.25) is 0 Å². The fourth-order valence-corrected chi connectivity index (χ4v) is 3.38. The molecule has 1 atom stereocenters. The minimum Gasteiger partial charge on any atom is -0.379 e. The number of morpholine rings is 1. The van der Waals surface area contributed by atoms with Gasteiger partial charge >= 0.3 is 0 Å². The average Bonchev–Trinajstić information content (AvgIpc) is 2.64. The number of nitrogens with zero attached hydrogens (tertiary/aromatic N) is 2. The van der Waals surface area contributed by atoms with Crippen LogP contribution in [0.25, 0.3) is 0 Å². The van der Waals surface area contributed by atoms with Crippen molar-refractivity contribution in [3.05, 3.63) is 29.8 Å². The molecule has 1 aromatic carbocycles. The SMILES string of the molecule is CCNC(=NCc1ccc(S(C)(=O)=O)cc1)NCC(C)N1CCOCC1. The number of guanidine groups is 1. The van der Waals surface area contributed by atoms with Gasteiger partial charge in [0, 0.05) is 38.5 Å². The van der Waals surface area contributed by atoms with Gasteiger partial charge in [0.25, 0.3) is 0 Å². The van der Waals surface area contributed by atoms with Crippen molar-refractivity contribution in [2.24, 2.45) is 4.99 Å². The highest BCUT2D eigenvalue weighted by atomic mass is 32.2. The van der Waals surface area contributed by atoms with Crippen molar-refractivity contribution in [2.75, 3.05) is 45.6 Å². The van der Waals surface area contributed by atoms with Gasteiger partial charge in [0.05, 0.1) is 24.7 Å². The Morgan fingerprint density at radius 3 is 2.46 bits per heavy atom. The van der Waals surface area contributed by atoms with Crippen molar-refractivity contribution in [3.8, 4) is 0 Å². The topological polar surface area (TPSA) is 83.0 Å². The van der Waals surface area contributed by atoms with Crippen LogP contribution < -0.4 is 10.6 Å². The molecule has 1 saturated heterocycles. The molecule has 0 bridgehead atoms. The molecule has 1 fully saturated rings. The first-order valence-electron chi connectivity index (χ1n) is 9.03. The Morgan fingerprint density at radius 2 is 1.88 bits per heavy atom. The molecule has 1 aliphatic heterocycles. The predicted molar refractivity (Wildman–Crippen MR) is 104 cm³/mol. The number of ether oxygens (including phenoxy) is 1. The van der Waals surface area contributed by atoms with Gasteiger partial charge in [0.15, 0.2) is 15.8 Å². The molecule has 0 saturated carbocycles. The molecule has 8 heteroatoms. The molecule has 7 nitrogen and oxygen atoms in total. The smallest absolute Gasteiger partial charge is 0.191 e. The molecule has 1 unspecified atom stereocenters. The van der Waals surface area contributed by atoms with Gasteiger partial charge in [-0.05, 0) is 31.5 Å². The normalized spacial score (nSPS) is 17.7. The second-order valence-corrected chi connectivity index (χ2v) is 8.51. The van der Waals surface area contributed by atoms with Gasteiger partial charge in [-0.25, -0.2) is 13.4 Å². The summed E-state index contributed by atoms with van der Waals surface area (Å²) in [5, 5.41) is 6.63. The van der Waals surface area contributed by atoms with Crippen LogP contribution in [0, 0.1) is 0 Å². The van der Waals surface area contributed by atoms with Crippen molar-refractivity contribution in [1.82, 2.24) is 15.5 Å². The van der Waals surface area contributed by atoms with Crippen LogP contribution in [-0.2, 0) is 21.1 Å². The van der Waals surface area contributed by atoms with Gasteiger partial charge in [0.2, 0.25) is 0 Å². The lowest BCUT2D eigenvalue weighted by Gasteiger charge is -2.32. The number of rotatable bonds is 7. The van der Waals surface area contributed by atoms with Crippen LogP contribution in [0.15, 0.2) is 34.2 Å². The molecular weight excluding hydrogens is 352 g/mol. The molecule has 1 aromatic rings. The molecule has 0 spiro atoms. The quantitative estimate of drug-likeness (QED) is 0.538. The lowest BCUT2D eigenvalue weighted by Crippen LogP contribution is -2.49. The van der Waals surface area contributed by atoms with E-state index in [1.807, 2.05) is 6.92 Å². The first kappa shape index (κ1) is 20.7. The number of hydrogen-bond donors (Lipinski definition) is 2. The fourth-order valence-electron chi connectivity index (χ4n) is 2.75. The van der Waals surface area contributed by atoms with Gasteiger partial charge < -0.3 is 15.4 Å². The van der Waals surface area contributed by atoms with Crippen LogP contribution in [0.4, 0.5) is 0 Å². The van der Waals surface area contributed by atoms with Gasteiger partial charge in [-0.3, -0.25) is 4.90 Å². The number of hydrogen-bond acceptors (Lipinski definition) is 5. The van der Waals surface area contributed by atoms with Gasteiger partial charge in [-0.1, -0.05) is 12.1 Å². The Morgan fingerprint density at radius 1 is 1.23 bits per heavy atom. The van der Waals surface area contributed by atoms with E-state index in [0.717, 1.165) is 50.9 Å². The molecule has 0 radical (unpaired) electrons. The second kappa shape index (κ2) is 9.89. The first-order chi connectivity index (χ1) is 12.4. The van der Waals surface area contributed by atoms with E-state index in [0.29, 0.717) is 17.5 Å². The molecule has 146 valence electrons. The van der Waals surface area contributed by atoms with Crippen molar-refractivity contribution in [3.63, 3.8) is 0 Å². The maximum absolute atomic E-state index is 11.5. The van der Waals surface area contributed by atoms with E-state index >= 15 is 0 Å². The Hall–Kier alpha value is -1.64. The minimum atomic E-state index is -3.16. The zero-order valence-corrected chi connectivity index (χ0v) is 16.7. The zero-order valence-electron chi connectivity index (χ0n) is 15.9. The first-order valence-corrected chi connectivity index (χ1v) is 10.9. The average molecular weight is 383 g/mol. The van der Waals surface area contributed by atoms with E-state index in [-0.39, 0.29) is 0 Å². The van der Waals surface area contributed by atoms with Crippen LogP contribution in [0.3, 0.4) is 0 Å². The lowest BCUT2D eigenvalue weighted by atomic mass is 10.2. The van der Waals surface area contributed by atoms with Crippen molar-refractivity contribution < 1.29 is 13.2 Å². The number of nitrogens with one attached hydrogen (secondary N) is 2. The monoisotopic (exact) mass is 382 g/mol. The number of benzene rings is 1. The third kappa shape index (κ3) is 6.59. The van der Waals surface area contributed by atoms with Crippen LogP contribution in [0.5, 0.6) is 0 Å². The summed E-state index contributed by atoms with van der Waals surface area (Å²) in [7, 11) is -3.16. The lowest BCUT2D eigenvalue weighted by molar-refractivity contribution is 0.0211. The molecule has 0 amide bonds. The summed E-state index contributed by atoms with van der Waals surface area (Å²) in [6.45, 7) is 9.82. The zero-order chi connectivity index (χ0) is 19.0. The Kier molecular flexibility index (Phi) is 7.86. The van der Waals surface area contributed by atoms with Gasteiger partial charge in [0.1, 0.15) is 0 Å². The van der Waals surface area contributed by atoms with E-state index < -0.39 is 9.84 Å². The summed E-state index contributed by atoms with van der Waals surface area (Å²) in [6, 6.07) is 7.26. The van der Waals surface area contributed by atoms with Gasteiger partial charge in [-0.2, -0.15) is 0 Å². The van der Waals surface area contributed by atoms with Crippen LogP contribution >= 0.6 is 0 Å². The Labute approximate surface area is 156 Å². The highest BCUT2D eigenvalue weighted by Gasteiger charge is 2.17. The second-order valence-electron chi connectivity index (χ2n) is 6.49. The number of sulfone groups is 1. The molecule has 1 aliphatic rings. The van der Waals surface area contributed by atoms with E-state index in [1.54, 1.807) is 24.3 Å². The van der Waals surface area contributed by atoms with Crippen molar-refractivity contribution >= 4 is 15.8 Å². The predicted octanol–water partition coefficient (Wildman–Crippen LogP) is 0.866. The van der Waals surface area contributed by atoms with E-state index in [9.17, 15) is 8.42 Å². The molecule has 1 heterocycles. The van der Waals surface area contributed by atoms with E-state index in [4.69, 9.17) is 4.74 Å². The maximum Gasteiger partial charge on any atom is 0.191 e. The Balaban J connectivity index is 1.91. The third-order valence-corrected chi connectivity index (χ3v) is 5.48. The summed E-state index contributed by atoms with van der Waals surface area (Å²) in [5.41, 5.74) is 0.968. The van der Waals surface area contributed by atoms with Crippen LogP contribution in [-0.4, -0.2) is 71.0 Å². The molecule has 2 N–H and O–H groups in total. The Bertz CT molecular complexity index is 683. The van der Waals surface area contributed by atoms with Gasteiger partial charge in [-0.15, -0.1) is 0 Å². The third-order valence-electron chi connectivity index (χ3n) is 4.35. The molecule has 0 aromatic heterocycles. The molecule has 26 heavy (non-hydrogen) atoms. The largest absolute Gasteiger partial charge is 0.379 e. The highest BCUT2D eigenvalue weighted by Crippen LogP contribution is 2.11. The maximum atomic E-state index is 11.5. The summed E-state index contributed by atoms with van der Waals surface area (Å²) in [4.78, 5) is 7.33. The number of aliphatic imine (C=N–C) groups is 1. The van der Waals surface area contributed by atoms with E-state index in [2.05, 4.69) is 27.4 Å². The van der Waals surface area contributed by atoms with Crippen molar-refractivity contribution in [1.29, 1.82) is 0 Å². The minimum absolute atomic E-state index is 0.328. The van der Waals surface area contributed by atoms with E-state index in [1.165, 1.54) is 6.26 Å². The summed E-state index contributed by atoms with van der Waals surface area (Å²) < 4.78 is 28.4. The fraction of sp³-hybridized carbons (Fsp3) is 0.611. The molecule has 2 rings (SSSR count). The molecule has 0 aliphatic carbocycles. The summed E-state index contributed by atoms with van der Waals surface area (Å²) in [5.74, 6) is 0.764. The molecular formula is C18H30N4O3S. The summed E-state index contributed by atoms with van der Waals surface area (Å²) in [6.07, 6.45) is 1.21. The van der Waals surface area contributed by atoms with Crippen LogP contribution in [0.1, 0.15) is 19.4 Å². The standard InChI is InChI=1S/C18H30N4O3S/c1-4-19-18(20-13-15(2)22-9-11-25-12-10-22)21-14-16-5-7-17(8-6-16)26(3,23)24/h5-8,15H,4,9-14H2,1-3H3,(H2,19,20,21). The summed E-state index contributed by atoms with van der Waals surface area (Å²) >= 11 is 0.